The molecule has 2 fully saturated rings. The number of hydrogen-bond donors (Lipinski definition) is 1. The maximum absolute atomic E-state index is 13.3. The van der Waals surface area contributed by atoms with Gasteiger partial charge in [-0.25, -0.2) is 4.79 Å². The zero-order valence-corrected chi connectivity index (χ0v) is 20.3. The second-order valence-corrected chi connectivity index (χ2v) is 8.82. The zero-order chi connectivity index (χ0) is 24.9. The van der Waals surface area contributed by atoms with E-state index in [1.807, 2.05) is 18.2 Å². The van der Waals surface area contributed by atoms with E-state index in [4.69, 9.17) is 14.0 Å². The van der Waals surface area contributed by atoms with Crippen LogP contribution in [0.4, 0.5) is 4.79 Å². The molecule has 188 valence electrons. The molecule has 1 saturated carbocycles. The number of hydrogen-bond acceptors (Lipinski definition) is 8. The molecule has 35 heavy (non-hydrogen) atoms. The molecule has 1 aromatic carbocycles. The number of aromatic nitrogens is 2. The van der Waals surface area contributed by atoms with Crippen LogP contribution >= 0.6 is 0 Å². The lowest BCUT2D eigenvalue weighted by molar-refractivity contribution is -0.143. The molecular formula is C24H31N5O6. The molecule has 11 heteroatoms. The Morgan fingerprint density at radius 3 is 2.66 bits per heavy atom. The molecule has 2 unspecified atom stereocenters. The van der Waals surface area contributed by atoms with Gasteiger partial charge in [0.1, 0.15) is 13.1 Å². The summed E-state index contributed by atoms with van der Waals surface area (Å²) in [6.07, 6.45) is 3.82. The van der Waals surface area contributed by atoms with Crippen LogP contribution in [0, 0.1) is 12.8 Å². The molecule has 4 rings (SSSR count). The second-order valence-electron chi connectivity index (χ2n) is 8.82. The maximum Gasteiger partial charge on any atom is 0.327 e. The van der Waals surface area contributed by atoms with Gasteiger partial charge in [-0.15, -0.1) is 0 Å². The summed E-state index contributed by atoms with van der Waals surface area (Å²) < 4.78 is 15.7. The van der Waals surface area contributed by atoms with Crippen LogP contribution in [0.5, 0.6) is 11.5 Å². The first-order chi connectivity index (χ1) is 16.9. The smallest absolute Gasteiger partial charge is 0.327 e. The number of urea groups is 1. The number of amides is 4. The predicted molar refractivity (Wildman–Crippen MR) is 124 cm³/mol. The summed E-state index contributed by atoms with van der Waals surface area (Å²) in [5.41, 5.74) is 0.982. The maximum atomic E-state index is 13.3. The van der Waals surface area contributed by atoms with Crippen molar-refractivity contribution in [3.05, 3.63) is 35.5 Å². The average molecular weight is 486 g/mol. The number of nitrogens with one attached hydrogen (secondary N) is 1. The minimum absolute atomic E-state index is 0.0981. The van der Waals surface area contributed by atoms with Gasteiger partial charge in [-0.2, -0.15) is 4.98 Å². The second kappa shape index (κ2) is 10.7. The number of methoxy groups -OCH3 is 2. The topological polar surface area (TPSA) is 127 Å². The molecule has 0 spiro atoms. The number of fused-ring (bicyclic) bond motifs is 1. The Morgan fingerprint density at radius 2 is 1.94 bits per heavy atom. The molecule has 2 aliphatic rings. The van der Waals surface area contributed by atoms with Crippen LogP contribution in [-0.4, -0.2) is 71.1 Å². The van der Waals surface area contributed by atoms with Crippen molar-refractivity contribution in [2.24, 2.45) is 5.92 Å². The SMILES string of the molecule is COc1ccc(CCNC(=O)CN2C(=O)N(Cc3nc(C)no3)C(=O)C3CCCCC32)cc1OC. The van der Waals surface area contributed by atoms with Crippen molar-refractivity contribution < 1.29 is 28.4 Å². The van der Waals surface area contributed by atoms with Crippen LogP contribution in [0.15, 0.2) is 22.7 Å². The van der Waals surface area contributed by atoms with Crippen LogP contribution in [0.1, 0.15) is 43.0 Å². The van der Waals surface area contributed by atoms with E-state index in [1.54, 1.807) is 21.1 Å². The van der Waals surface area contributed by atoms with Gasteiger partial charge in [-0.1, -0.05) is 24.1 Å². The normalized spacial score (nSPS) is 20.0. The summed E-state index contributed by atoms with van der Waals surface area (Å²) in [5, 5.41) is 6.62. The molecule has 1 aliphatic carbocycles. The number of rotatable bonds is 9. The molecule has 11 nitrogen and oxygen atoms in total. The number of ether oxygens (including phenoxy) is 2. The molecule has 2 atom stereocenters. The van der Waals surface area contributed by atoms with Crippen molar-refractivity contribution in [1.29, 1.82) is 0 Å². The summed E-state index contributed by atoms with van der Waals surface area (Å²) in [6.45, 7) is 1.86. The molecule has 1 saturated heterocycles. The van der Waals surface area contributed by atoms with Crippen molar-refractivity contribution in [1.82, 2.24) is 25.3 Å². The first-order valence-electron chi connectivity index (χ1n) is 11.8. The Labute approximate surface area is 203 Å². The fourth-order valence-electron chi connectivity index (χ4n) is 4.83. The van der Waals surface area contributed by atoms with E-state index in [0.717, 1.165) is 23.3 Å². The Kier molecular flexibility index (Phi) is 7.52. The van der Waals surface area contributed by atoms with E-state index >= 15 is 0 Å². The van der Waals surface area contributed by atoms with Gasteiger partial charge in [0.25, 0.3) is 0 Å². The first kappa shape index (κ1) is 24.5. The Bertz CT molecular complexity index is 1090. The van der Waals surface area contributed by atoms with Crippen LogP contribution in [0.2, 0.25) is 0 Å². The highest BCUT2D eigenvalue weighted by Crippen LogP contribution is 2.35. The molecule has 2 heterocycles. The number of imide groups is 1. The average Bonchev–Trinajstić information content (AvgIpc) is 3.28. The Morgan fingerprint density at radius 1 is 1.17 bits per heavy atom. The fourth-order valence-corrected chi connectivity index (χ4v) is 4.83. The van der Waals surface area contributed by atoms with Gasteiger partial charge in [-0.05, 0) is 43.9 Å². The van der Waals surface area contributed by atoms with E-state index in [0.29, 0.717) is 43.1 Å². The number of carbonyl (C=O) groups is 3. The molecule has 1 N–H and O–H groups in total. The molecule has 2 aromatic rings. The number of carbonyl (C=O) groups excluding carboxylic acids is 3. The first-order valence-corrected chi connectivity index (χ1v) is 11.8. The summed E-state index contributed by atoms with van der Waals surface area (Å²) in [6, 6.07) is 4.83. The van der Waals surface area contributed by atoms with Crippen molar-refractivity contribution in [3.63, 3.8) is 0 Å². The highest BCUT2D eigenvalue weighted by Gasteiger charge is 2.47. The summed E-state index contributed by atoms with van der Waals surface area (Å²) in [4.78, 5) is 46.0. The third-order valence-electron chi connectivity index (χ3n) is 6.55. The Hall–Kier alpha value is -3.63. The molecule has 0 bridgehead atoms. The molecule has 4 amide bonds. The summed E-state index contributed by atoms with van der Waals surface area (Å²) >= 11 is 0. The van der Waals surface area contributed by atoms with Gasteiger partial charge in [0, 0.05) is 12.6 Å². The van der Waals surface area contributed by atoms with Crippen molar-refractivity contribution in [3.8, 4) is 11.5 Å². The van der Waals surface area contributed by atoms with Crippen molar-refractivity contribution in [2.75, 3.05) is 27.3 Å². The number of nitrogens with zero attached hydrogens (tertiary/aromatic N) is 4. The third-order valence-corrected chi connectivity index (χ3v) is 6.55. The quantitative estimate of drug-likeness (QED) is 0.572. The summed E-state index contributed by atoms with van der Waals surface area (Å²) in [7, 11) is 3.15. The molecule has 1 aromatic heterocycles. The predicted octanol–water partition coefficient (Wildman–Crippen LogP) is 2.08. The van der Waals surface area contributed by atoms with Crippen LogP contribution in [0.25, 0.3) is 0 Å². The third kappa shape index (κ3) is 5.39. The minimum atomic E-state index is -0.496. The van der Waals surface area contributed by atoms with Crippen molar-refractivity contribution >= 4 is 17.8 Å². The minimum Gasteiger partial charge on any atom is -0.493 e. The monoisotopic (exact) mass is 485 g/mol. The largest absolute Gasteiger partial charge is 0.493 e. The molecular weight excluding hydrogens is 454 g/mol. The van der Waals surface area contributed by atoms with Crippen LogP contribution in [-0.2, 0) is 22.6 Å². The van der Waals surface area contributed by atoms with E-state index in [1.165, 1.54) is 4.90 Å². The fraction of sp³-hybridized carbons (Fsp3) is 0.542. The standard InChI is InChI=1S/C24H31N5O6/c1-15-26-22(35-27-15)14-29-23(31)17-6-4-5-7-18(17)28(24(29)32)13-21(30)25-11-10-16-8-9-19(33-2)20(12-16)34-3/h8-9,12,17-18H,4-7,10-11,13-14H2,1-3H3,(H,25,30). The molecule has 0 radical (unpaired) electrons. The lowest BCUT2D eigenvalue weighted by Gasteiger charge is -2.46. The number of aryl methyl sites for hydroxylation is 1. The van der Waals surface area contributed by atoms with Crippen molar-refractivity contribution in [2.45, 2.75) is 51.6 Å². The summed E-state index contributed by atoms with van der Waals surface area (Å²) in [5.74, 6) is 1.05. The number of benzene rings is 1. The lowest BCUT2D eigenvalue weighted by atomic mass is 9.81. The van der Waals surface area contributed by atoms with Crippen LogP contribution < -0.4 is 14.8 Å². The van der Waals surface area contributed by atoms with E-state index < -0.39 is 6.03 Å². The highest BCUT2D eigenvalue weighted by atomic mass is 16.5. The van der Waals surface area contributed by atoms with E-state index in [9.17, 15) is 14.4 Å². The highest BCUT2D eigenvalue weighted by molar-refractivity contribution is 6.00. The van der Waals surface area contributed by atoms with Gasteiger partial charge in [-0.3, -0.25) is 14.5 Å². The van der Waals surface area contributed by atoms with Gasteiger partial charge >= 0.3 is 6.03 Å². The van der Waals surface area contributed by atoms with Crippen LogP contribution in [0.3, 0.4) is 0 Å². The lowest BCUT2D eigenvalue weighted by Crippen LogP contribution is -2.63. The van der Waals surface area contributed by atoms with E-state index in [2.05, 4.69) is 15.5 Å². The Balaban J connectivity index is 1.40. The van der Waals surface area contributed by atoms with Gasteiger partial charge in [0.2, 0.25) is 17.7 Å². The van der Waals surface area contributed by atoms with Gasteiger partial charge < -0.3 is 24.2 Å². The van der Waals surface area contributed by atoms with E-state index in [-0.39, 0.29) is 42.8 Å². The van der Waals surface area contributed by atoms with Gasteiger partial charge in [0.05, 0.1) is 20.1 Å². The van der Waals surface area contributed by atoms with Gasteiger partial charge in [0.15, 0.2) is 17.3 Å². The molecule has 1 aliphatic heterocycles. The zero-order valence-electron chi connectivity index (χ0n) is 20.3.